The van der Waals surface area contributed by atoms with Crippen LogP contribution in [0.1, 0.15) is 22.7 Å². The van der Waals surface area contributed by atoms with Gasteiger partial charge in [0.05, 0.1) is 12.1 Å². The average molecular weight is 382 g/mol. The molecule has 1 aromatic carbocycles. The highest BCUT2D eigenvalue weighted by Crippen LogP contribution is 2.22. The molecule has 1 amide bonds. The number of nitrogens with zero attached hydrogens (tertiary/aromatic N) is 3. The molecule has 1 saturated heterocycles. The van der Waals surface area contributed by atoms with Gasteiger partial charge in [-0.3, -0.25) is 4.79 Å². The maximum atomic E-state index is 12.3. The van der Waals surface area contributed by atoms with E-state index in [2.05, 4.69) is 20.4 Å². The van der Waals surface area contributed by atoms with Crippen LogP contribution in [-0.2, 0) is 6.54 Å². The fraction of sp³-hybridized carbons (Fsp3) is 0.263. The third-order valence-electron chi connectivity index (χ3n) is 4.07. The Morgan fingerprint density at radius 2 is 2.15 bits per heavy atom. The van der Waals surface area contributed by atoms with Gasteiger partial charge in [0.15, 0.2) is 0 Å². The molecule has 2 aromatic heterocycles. The van der Waals surface area contributed by atoms with E-state index in [1.807, 2.05) is 42.1 Å². The highest BCUT2D eigenvalue weighted by molar-refractivity contribution is 7.99. The number of carbonyl (C=O) groups excluding carboxylic acids is 1. The number of benzene rings is 1. The SMILES string of the molecule is O=C(NCc1nc(-c2ccccc2)no1)c1ccc(O[C@H]2CCSC2)nc1. The molecule has 3 heterocycles. The first-order valence-electron chi connectivity index (χ1n) is 8.64. The number of ether oxygens (including phenoxy) is 1. The Morgan fingerprint density at radius 3 is 2.89 bits per heavy atom. The minimum atomic E-state index is -0.259. The quantitative estimate of drug-likeness (QED) is 0.701. The summed E-state index contributed by atoms with van der Waals surface area (Å²) in [5.74, 6) is 3.22. The Balaban J connectivity index is 1.32. The molecule has 0 unspecified atom stereocenters. The first kappa shape index (κ1) is 17.5. The van der Waals surface area contributed by atoms with Crippen molar-refractivity contribution in [3.05, 3.63) is 60.1 Å². The van der Waals surface area contributed by atoms with Gasteiger partial charge in [0.1, 0.15) is 6.10 Å². The van der Waals surface area contributed by atoms with Crippen LogP contribution in [0.2, 0.25) is 0 Å². The van der Waals surface area contributed by atoms with E-state index in [0.29, 0.717) is 23.2 Å². The van der Waals surface area contributed by atoms with E-state index in [1.165, 1.54) is 6.20 Å². The molecule has 0 saturated carbocycles. The van der Waals surface area contributed by atoms with Crippen molar-refractivity contribution in [1.29, 1.82) is 0 Å². The van der Waals surface area contributed by atoms with Gasteiger partial charge in [-0.25, -0.2) is 4.98 Å². The smallest absolute Gasteiger partial charge is 0.253 e. The Bertz CT molecular complexity index is 893. The number of pyridine rings is 1. The highest BCUT2D eigenvalue weighted by Gasteiger charge is 2.18. The van der Waals surface area contributed by atoms with Crippen LogP contribution in [0.4, 0.5) is 0 Å². The number of hydrogen-bond donors (Lipinski definition) is 1. The molecule has 0 bridgehead atoms. The summed E-state index contributed by atoms with van der Waals surface area (Å²) in [4.78, 5) is 20.8. The molecular weight excluding hydrogens is 364 g/mol. The van der Waals surface area contributed by atoms with Gasteiger partial charge in [0.25, 0.3) is 5.91 Å². The molecule has 27 heavy (non-hydrogen) atoms. The molecule has 4 rings (SSSR count). The molecule has 0 radical (unpaired) electrons. The van der Waals surface area contributed by atoms with Gasteiger partial charge in [0, 0.05) is 23.6 Å². The second-order valence-corrected chi connectivity index (χ2v) is 7.20. The topological polar surface area (TPSA) is 90.1 Å². The Labute approximate surface area is 160 Å². The number of thioether (sulfide) groups is 1. The standard InChI is InChI=1S/C19H18N4O3S/c24-19(14-6-7-16(20-10-14)25-15-8-9-27-12-15)21-11-17-22-18(23-26-17)13-4-2-1-3-5-13/h1-7,10,15H,8-9,11-12H2,(H,21,24)/t15-/m0/s1. The maximum absolute atomic E-state index is 12.3. The largest absolute Gasteiger partial charge is 0.473 e. The number of aromatic nitrogens is 3. The third-order valence-corrected chi connectivity index (χ3v) is 5.21. The fourth-order valence-corrected chi connectivity index (χ4v) is 3.74. The molecule has 1 aliphatic rings. The van der Waals surface area contributed by atoms with Crippen molar-refractivity contribution in [1.82, 2.24) is 20.4 Å². The first-order valence-corrected chi connectivity index (χ1v) is 9.80. The molecule has 0 aliphatic carbocycles. The third kappa shape index (κ3) is 4.46. The summed E-state index contributed by atoms with van der Waals surface area (Å²) < 4.78 is 11.0. The second kappa shape index (κ2) is 8.22. The van der Waals surface area contributed by atoms with Crippen LogP contribution in [0.5, 0.6) is 5.88 Å². The zero-order chi connectivity index (χ0) is 18.5. The Morgan fingerprint density at radius 1 is 1.26 bits per heavy atom. The van der Waals surface area contributed by atoms with Gasteiger partial charge in [-0.05, 0) is 18.2 Å². The molecule has 7 nitrogen and oxygen atoms in total. The zero-order valence-corrected chi connectivity index (χ0v) is 15.3. The van der Waals surface area contributed by atoms with Gasteiger partial charge in [0.2, 0.25) is 17.6 Å². The van der Waals surface area contributed by atoms with Crippen molar-refractivity contribution < 1.29 is 14.1 Å². The Hall–Kier alpha value is -2.87. The normalized spacial score (nSPS) is 16.2. The van der Waals surface area contributed by atoms with Crippen LogP contribution in [0, 0.1) is 0 Å². The van der Waals surface area contributed by atoms with Crippen LogP contribution in [0.3, 0.4) is 0 Å². The van der Waals surface area contributed by atoms with E-state index < -0.39 is 0 Å². The predicted octanol–water partition coefficient (Wildman–Crippen LogP) is 2.95. The highest BCUT2D eigenvalue weighted by atomic mass is 32.2. The van der Waals surface area contributed by atoms with Crippen LogP contribution in [0.25, 0.3) is 11.4 Å². The minimum Gasteiger partial charge on any atom is -0.473 e. The fourth-order valence-electron chi connectivity index (χ4n) is 2.65. The lowest BCUT2D eigenvalue weighted by Gasteiger charge is -2.11. The molecule has 138 valence electrons. The summed E-state index contributed by atoms with van der Waals surface area (Å²) in [7, 11) is 0. The summed E-state index contributed by atoms with van der Waals surface area (Å²) in [5, 5.41) is 6.68. The number of nitrogens with one attached hydrogen (secondary N) is 1. The van der Waals surface area contributed by atoms with E-state index in [0.717, 1.165) is 23.5 Å². The molecule has 1 aliphatic heterocycles. The van der Waals surface area contributed by atoms with Crippen molar-refractivity contribution in [3.63, 3.8) is 0 Å². The second-order valence-electron chi connectivity index (χ2n) is 6.05. The van der Waals surface area contributed by atoms with E-state index in [4.69, 9.17) is 9.26 Å². The minimum absolute atomic E-state index is 0.149. The van der Waals surface area contributed by atoms with Gasteiger partial charge in [-0.1, -0.05) is 35.5 Å². The van der Waals surface area contributed by atoms with Crippen LogP contribution in [-0.4, -0.2) is 38.6 Å². The summed E-state index contributed by atoms with van der Waals surface area (Å²) in [6, 6.07) is 12.9. The lowest BCUT2D eigenvalue weighted by Crippen LogP contribution is -2.23. The average Bonchev–Trinajstić information content (AvgIpc) is 3.39. The molecule has 8 heteroatoms. The van der Waals surface area contributed by atoms with Crippen molar-refractivity contribution in [2.24, 2.45) is 0 Å². The van der Waals surface area contributed by atoms with Crippen LogP contribution < -0.4 is 10.1 Å². The van der Waals surface area contributed by atoms with Crippen molar-refractivity contribution in [3.8, 4) is 17.3 Å². The zero-order valence-electron chi connectivity index (χ0n) is 14.5. The molecule has 1 fully saturated rings. The van der Waals surface area contributed by atoms with Gasteiger partial charge in [-0.2, -0.15) is 16.7 Å². The molecular formula is C19H18N4O3S. The molecule has 3 aromatic rings. The van der Waals surface area contributed by atoms with Crippen LogP contribution >= 0.6 is 11.8 Å². The van der Waals surface area contributed by atoms with Crippen molar-refractivity contribution >= 4 is 17.7 Å². The summed E-state index contributed by atoms with van der Waals surface area (Å²) in [5.41, 5.74) is 1.31. The van der Waals surface area contributed by atoms with Crippen molar-refractivity contribution in [2.75, 3.05) is 11.5 Å². The number of rotatable bonds is 6. The van der Waals surface area contributed by atoms with E-state index in [1.54, 1.807) is 12.1 Å². The summed E-state index contributed by atoms with van der Waals surface area (Å²) in [6.07, 6.45) is 2.75. The molecule has 0 spiro atoms. The van der Waals surface area contributed by atoms with Gasteiger partial charge in [-0.15, -0.1) is 0 Å². The molecule has 1 atom stereocenters. The van der Waals surface area contributed by atoms with Gasteiger partial charge >= 0.3 is 0 Å². The predicted molar refractivity (Wildman–Crippen MR) is 101 cm³/mol. The Kier molecular flexibility index (Phi) is 5.34. The number of amides is 1. The summed E-state index contributed by atoms with van der Waals surface area (Å²) >= 11 is 1.88. The maximum Gasteiger partial charge on any atom is 0.253 e. The molecule has 1 N–H and O–H groups in total. The summed E-state index contributed by atoms with van der Waals surface area (Å²) in [6.45, 7) is 0.149. The van der Waals surface area contributed by atoms with Gasteiger partial charge < -0.3 is 14.6 Å². The number of hydrogen-bond acceptors (Lipinski definition) is 7. The monoisotopic (exact) mass is 382 g/mol. The lowest BCUT2D eigenvalue weighted by atomic mass is 10.2. The van der Waals surface area contributed by atoms with E-state index in [-0.39, 0.29) is 18.6 Å². The number of carbonyl (C=O) groups is 1. The van der Waals surface area contributed by atoms with E-state index in [9.17, 15) is 4.79 Å². The first-order chi connectivity index (χ1) is 13.3. The van der Waals surface area contributed by atoms with Crippen LogP contribution in [0.15, 0.2) is 53.2 Å². The lowest BCUT2D eigenvalue weighted by molar-refractivity contribution is 0.0945. The van der Waals surface area contributed by atoms with Crippen molar-refractivity contribution in [2.45, 2.75) is 19.1 Å². The van der Waals surface area contributed by atoms with E-state index >= 15 is 0 Å².